The van der Waals surface area contributed by atoms with Crippen molar-refractivity contribution in [3.63, 3.8) is 0 Å². The Hall–Kier alpha value is -0.240. The molecular formula is C16H23Cl2N. The van der Waals surface area contributed by atoms with Crippen molar-refractivity contribution in [2.45, 2.75) is 50.9 Å². The average molecular weight is 300 g/mol. The molecule has 1 nitrogen and oxygen atoms in total. The number of benzene rings is 1. The standard InChI is InChI=1S/C16H23Cl2N/c1-2-19-12-16(9-5-3-4-6-10-16)13-7-8-14(17)15(18)11-13/h7-8,11,19H,2-6,9-10,12H2,1H3. The Balaban J connectivity index is 2.31. The zero-order chi connectivity index (χ0) is 13.7. The molecule has 1 aliphatic carbocycles. The van der Waals surface area contributed by atoms with Gasteiger partial charge in [0.15, 0.2) is 0 Å². The number of rotatable bonds is 4. The first kappa shape index (κ1) is 15.2. The molecule has 0 heterocycles. The molecule has 0 spiro atoms. The Labute approximate surface area is 126 Å². The lowest BCUT2D eigenvalue weighted by Gasteiger charge is -2.34. The van der Waals surface area contributed by atoms with Crippen LogP contribution in [-0.2, 0) is 5.41 Å². The zero-order valence-corrected chi connectivity index (χ0v) is 13.2. The molecule has 0 aromatic heterocycles. The molecule has 0 aliphatic heterocycles. The van der Waals surface area contributed by atoms with E-state index in [1.54, 1.807) is 0 Å². The largest absolute Gasteiger partial charge is 0.316 e. The summed E-state index contributed by atoms with van der Waals surface area (Å²) >= 11 is 12.3. The van der Waals surface area contributed by atoms with Crippen LogP contribution in [0.1, 0.15) is 51.0 Å². The summed E-state index contributed by atoms with van der Waals surface area (Å²) in [5, 5.41) is 4.87. The lowest BCUT2D eigenvalue weighted by Crippen LogP contribution is -2.38. The highest BCUT2D eigenvalue weighted by Gasteiger charge is 2.32. The van der Waals surface area contributed by atoms with E-state index < -0.39 is 0 Å². The van der Waals surface area contributed by atoms with Gasteiger partial charge < -0.3 is 5.32 Å². The molecular weight excluding hydrogens is 277 g/mol. The lowest BCUT2D eigenvalue weighted by atomic mass is 9.74. The van der Waals surface area contributed by atoms with Gasteiger partial charge in [0.25, 0.3) is 0 Å². The molecule has 0 atom stereocenters. The third kappa shape index (κ3) is 3.65. The topological polar surface area (TPSA) is 12.0 Å². The van der Waals surface area contributed by atoms with E-state index in [-0.39, 0.29) is 5.41 Å². The molecule has 2 rings (SSSR count). The van der Waals surface area contributed by atoms with E-state index >= 15 is 0 Å². The van der Waals surface area contributed by atoms with Crippen LogP contribution in [0.2, 0.25) is 10.0 Å². The fourth-order valence-corrected chi connectivity index (χ4v) is 3.46. The summed E-state index contributed by atoms with van der Waals surface area (Å²) in [7, 11) is 0. The highest BCUT2D eigenvalue weighted by atomic mass is 35.5. The van der Waals surface area contributed by atoms with Crippen LogP contribution in [0.15, 0.2) is 18.2 Å². The molecule has 1 aromatic rings. The van der Waals surface area contributed by atoms with Crippen molar-refractivity contribution in [2.75, 3.05) is 13.1 Å². The van der Waals surface area contributed by atoms with Crippen LogP contribution in [0.25, 0.3) is 0 Å². The number of nitrogens with one attached hydrogen (secondary N) is 1. The van der Waals surface area contributed by atoms with Gasteiger partial charge in [0.2, 0.25) is 0 Å². The molecule has 1 aliphatic rings. The van der Waals surface area contributed by atoms with Crippen LogP contribution in [0, 0.1) is 0 Å². The van der Waals surface area contributed by atoms with E-state index in [0.717, 1.165) is 13.1 Å². The maximum Gasteiger partial charge on any atom is 0.0595 e. The van der Waals surface area contributed by atoms with Crippen LogP contribution in [-0.4, -0.2) is 13.1 Å². The maximum absolute atomic E-state index is 6.22. The van der Waals surface area contributed by atoms with Crippen LogP contribution >= 0.6 is 23.2 Å². The van der Waals surface area contributed by atoms with Crippen LogP contribution in [0.3, 0.4) is 0 Å². The third-order valence-corrected chi connectivity index (χ3v) is 5.05. The Morgan fingerprint density at radius 2 is 1.74 bits per heavy atom. The van der Waals surface area contributed by atoms with Crippen molar-refractivity contribution in [2.24, 2.45) is 0 Å². The highest BCUT2D eigenvalue weighted by molar-refractivity contribution is 6.42. The van der Waals surface area contributed by atoms with E-state index in [1.165, 1.54) is 44.1 Å². The predicted molar refractivity (Wildman–Crippen MR) is 84.4 cm³/mol. The fraction of sp³-hybridized carbons (Fsp3) is 0.625. The Morgan fingerprint density at radius 1 is 1.05 bits per heavy atom. The van der Waals surface area contributed by atoms with Crippen molar-refractivity contribution in [3.05, 3.63) is 33.8 Å². The second-order valence-electron chi connectivity index (χ2n) is 5.60. The van der Waals surface area contributed by atoms with E-state index in [9.17, 15) is 0 Å². The van der Waals surface area contributed by atoms with Gasteiger partial charge in [0.1, 0.15) is 0 Å². The molecule has 0 bridgehead atoms. The monoisotopic (exact) mass is 299 g/mol. The first-order valence-corrected chi connectivity index (χ1v) is 8.10. The minimum atomic E-state index is 0.237. The maximum atomic E-state index is 6.22. The molecule has 0 unspecified atom stereocenters. The molecule has 1 saturated carbocycles. The van der Waals surface area contributed by atoms with Gasteiger partial charge in [-0.1, -0.05) is 61.9 Å². The van der Waals surface area contributed by atoms with Crippen molar-refractivity contribution < 1.29 is 0 Å². The van der Waals surface area contributed by atoms with Gasteiger partial charge in [0, 0.05) is 12.0 Å². The minimum Gasteiger partial charge on any atom is -0.316 e. The molecule has 1 fully saturated rings. The van der Waals surface area contributed by atoms with Gasteiger partial charge in [-0.3, -0.25) is 0 Å². The van der Waals surface area contributed by atoms with E-state index in [0.29, 0.717) is 10.0 Å². The smallest absolute Gasteiger partial charge is 0.0595 e. The van der Waals surface area contributed by atoms with Gasteiger partial charge >= 0.3 is 0 Å². The normalized spacial score (nSPS) is 19.1. The van der Waals surface area contributed by atoms with Crippen LogP contribution in [0.5, 0.6) is 0 Å². The van der Waals surface area contributed by atoms with Gasteiger partial charge in [-0.25, -0.2) is 0 Å². The van der Waals surface area contributed by atoms with E-state index in [1.807, 2.05) is 6.07 Å². The Morgan fingerprint density at radius 3 is 2.32 bits per heavy atom. The zero-order valence-electron chi connectivity index (χ0n) is 11.6. The van der Waals surface area contributed by atoms with Crippen molar-refractivity contribution in [3.8, 4) is 0 Å². The average Bonchev–Trinajstić information content (AvgIpc) is 2.66. The SMILES string of the molecule is CCNCC1(c2ccc(Cl)c(Cl)c2)CCCCCC1. The minimum absolute atomic E-state index is 0.237. The van der Waals surface area contributed by atoms with E-state index in [2.05, 4.69) is 24.4 Å². The number of likely N-dealkylation sites (N-methyl/N-ethyl adjacent to an activating group) is 1. The second-order valence-corrected chi connectivity index (χ2v) is 6.42. The third-order valence-electron chi connectivity index (χ3n) is 4.31. The number of hydrogen-bond acceptors (Lipinski definition) is 1. The molecule has 19 heavy (non-hydrogen) atoms. The Bertz CT molecular complexity index is 409. The molecule has 1 N–H and O–H groups in total. The summed E-state index contributed by atoms with van der Waals surface area (Å²) in [5.74, 6) is 0. The Kier molecular flexibility index (Phi) is 5.56. The molecule has 106 valence electrons. The summed E-state index contributed by atoms with van der Waals surface area (Å²) in [6, 6.07) is 6.18. The summed E-state index contributed by atoms with van der Waals surface area (Å²) < 4.78 is 0. The number of hydrogen-bond donors (Lipinski definition) is 1. The first-order chi connectivity index (χ1) is 9.18. The van der Waals surface area contributed by atoms with Crippen molar-refractivity contribution >= 4 is 23.2 Å². The van der Waals surface area contributed by atoms with Crippen molar-refractivity contribution in [1.82, 2.24) is 5.32 Å². The second kappa shape index (κ2) is 6.97. The molecule has 3 heteroatoms. The molecule has 0 amide bonds. The van der Waals surface area contributed by atoms with Crippen LogP contribution in [0.4, 0.5) is 0 Å². The lowest BCUT2D eigenvalue weighted by molar-refractivity contribution is 0.351. The number of halogens is 2. The summed E-state index contributed by atoms with van der Waals surface area (Å²) in [6.07, 6.45) is 7.83. The van der Waals surface area contributed by atoms with E-state index in [4.69, 9.17) is 23.2 Å². The molecule has 1 aromatic carbocycles. The van der Waals surface area contributed by atoms with Gasteiger partial charge in [-0.15, -0.1) is 0 Å². The predicted octanol–water partition coefficient (Wildman–Crippen LogP) is 5.19. The highest BCUT2D eigenvalue weighted by Crippen LogP contribution is 2.39. The first-order valence-electron chi connectivity index (χ1n) is 7.34. The van der Waals surface area contributed by atoms with Gasteiger partial charge in [0.05, 0.1) is 10.0 Å². The van der Waals surface area contributed by atoms with Crippen molar-refractivity contribution in [1.29, 1.82) is 0 Å². The van der Waals surface area contributed by atoms with Gasteiger partial charge in [-0.05, 0) is 37.1 Å². The molecule has 0 saturated heterocycles. The summed E-state index contributed by atoms with van der Waals surface area (Å²) in [4.78, 5) is 0. The fourth-order valence-electron chi connectivity index (χ4n) is 3.16. The quantitative estimate of drug-likeness (QED) is 0.754. The van der Waals surface area contributed by atoms with Crippen LogP contribution < -0.4 is 5.32 Å². The molecule has 0 radical (unpaired) electrons. The summed E-state index contributed by atoms with van der Waals surface area (Å²) in [6.45, 7) is 4.23. The summed E-state index contributed by atoms with van der Waals surface area (Å²) in [5.41, 5.74) is 1.59. The van der Waals surface area contributed by atoms with Gasteiger partial charge in [-0.2, -0.15) is 0 Å².